The molecule has 0 saturated heterocycles. The van der Waals surface area contributed by atoms with Gasteiger partial charge in [-0.3, -0.25) is 4.79 Å². The van der Waals surface area contributed by atoms with Gasteiger partial charge in [-0.2, -0.15) is 0 Å². The molecule has 164 valence electrons. The Balaban J connectivity index is 1.38. The number of benzene rings is 3. The molecule has 0 unspecified atom stereocenters. The average Bonchev–Trinajstić information content (AvgIpc) is 3.17. The predicted molar refractivity (Wildman–Crippen MR) is 125 cm³/mol. The van der Waals surface area contributed by atoms with E-state index in [1.165, 1.54) is 11.6 Å². The van der Waals surface area contributed by atoms with Crippen molar-refractivity contribution in [3.63, 3.8) is 0 Å². The molecule has 1 N–H and O–H groups in total. The fraction of sp³-hybridized carbons (Fsp3) is 0.222. The summed E-state index contributed by atoms with van der Waals surface area (Å²) in [5.41, 5.74) is 3.87. The Labute approximate surface area is 187 Å². The van der Waals surface area contributed by atoms with Gasteiger partial charge in [0.2, 0.25) is 5.91 Å². The molecule has 0 aliphatic heterocycles. The summed E-state index contributed by atoms with van der Waals surface area (Å²) in [5, 5.41) is 4.13. The number of carbonyl (C=O) groups is 1. The van der Waals surface area contributed by atoms with Gasteiger partial charge in [0.05, 0.1) is 13.7 Å². The van der Waals surface area contributed by atoms with Crippen LogP contribution in [-0.2, 0) is 24.3 Å². The Morgan fingerprint density at radius 1 is 0.938 bits per heavy atom. The minimum atomic E-state index is -0.196. The molecule has 0 fully saturated rings. The monoisotopic (exact) mass is 430 g/mol. The summed E-state index contributed by atoms with van der Waals surface area (Å²) in [7, 11) is 1.63. The molecule has 32 heavy (non-hydrogen) atoms. The smallest absolute Gasteiger partial charge is 0.220 e. The quantitative estimate of drug-likeness (QED) is 0.382. The minimum Gasteiger partial charge on any atom is -0.496 e. The number of para-hydroxylation sites is 2. The number of hydrogen-bond acceptors (Lipinski definition) is 2. The van der Waals surface area contributed by atoms with Gasteiger partial charge in [0.1, 0.15) is 11.6 Å². The molecule has 0 aliphatic rings. The van der Waals surface area contributed by atoms with Crippen molar-refractivity contribution in [1.29, 1.82) is 0 Å². The summed E-state index contributed by atoms with van der Waals surface area (Å²) in [6, 6.07) is 22.7. The lowest BCUT2D eigenvalue weighted by molar-refractivity contribution is -0.121. The maximum Gasteiger partial charge on any atom is 0.220 e. The lowest BCUT2D eigenvalue weighted by Crippen LogP contribution is -2.22. The van der Waals surface area contributed by atoms with Crippen LogP contribution in [-0.4, -0.2) is 17.6 Å². The summed E-state index contributed by atoms with van der Waals surface area (Å²) in [6.07, 6.45) is 4.06. The van der Waals surface area contributed by atoms with Crippen molar-refractivity contribution in [2.75, 3.05) is 7.11 Å². The molecule has 1 amide bonds. The zero-order valence-electron chi connectivity index (χ0n) is 18.2. The molecular formula is C27H27FN2O2. The maximum atomic E-state index is 14.2. The van der Waals surface area contributed by atoms with E-state index in [-0.39, 0.29) is 11.7 Å². The van der Waals surface area contributed by atoms with Crippen LogP contribution < -0.4 is 10.1 Å². The number of aromatic nitrogens is 1. The maximum absolute atomic E-state index is 14.2. The Kier molecular flexibility index (Phi) is 6.85. The first-order valence-electron chi connectivity index (χ1n) is 10.8. The molecule has 0 aliphatic carbocycles. The van der Waals surface area contributed by atoms with E-state index in [9.17, 15) is 9.18 Å². The SMILES string of the molecule is COc1ccccc1CNC(=O)CCCc1cn(Cc2ccccc2F)c2ccccc12. The van der Waals surface area contributed by atoms with E-state index in [1.54, 1.807) is 13.2 Å². The van der Waals surface area contributed by atoms with E-state index in [4.69, 9.17) is 4.74 Å². The third-order valence-corrected chi connectivity index (χ3v) is 5.69. The van der Waals surface area contributed by atoms with E-state index in [2.05, 4.69) is 28.2 Å². The van der Waals surface area contributed by atoms with Gasteiger partial charge in [-0.1, -0.05) is 54.6 Å². The normalized spacial score (nSPS) is 10.9. The highest BCUT2D eigenvalue weighted by molar-refractivity contribution is 5.84. The third-order valence-electron chi connectivity index (χ3n) is 5.69. The zero-order valence-corrected chi connectivity index (χ0v) is 18.2. The second-order valence-corrected chi connectivity index (χ2v) is 7.83. The number of rotatable bonds is 9. The van der Waals surface area contributed by atoms with Crippen molar-refractivity contribution in [3.05, 3.63) is 102 Å². The first-order chi connectivity index (χ1) is 15.7. The van der Waals surface area contributed by atoms with E-state index in [0.717, 1.165) is 35.1 Å². The number of methoxy groups -OCH3 is 1. The van der Waals surface area contributed by atoms with Gasteiger partial charge < -0.3 is 14.6 Å². The lowest BCUT2D eigenvalue weighted by atomic mass is 10.1. The van der Waals surface area contributed by atoms with Crippen LogP contribution in [0.15, 0.2) is 79.0 Å². The Morgan fingerprint density at radius 3 is 2.47 bits per heavy atom. The van der Waals surface area contributed by atoms with Crippen LogP contribution in [0, 0.1) is 5.82 Å². The molecule has 4 aromatic rings. The van der Waals surface area contributed by atoms with Crippen LogP contribution in [0.3, 0.4) is 0 Å². The fourth-order valence-electron chi connectivity index (χ4n) is 4.03. The van der Waals surface area contributed by atoms with E-state index >= 15 is 0 Å². The van der Waals surface area contributed by atoms with Gasteiger partial charge in [-0.15, -0.1) is 0 Å². The summed E-state index contributed by atoms with van der Waals surface area (Å²) in [6.45, 7) is 0.928. The van der Waals surface area contributed by atoms with Gasteiger partial charge in [-0.05, 0) is 36.6 Å². The number of amides is 1. The van der Waals surface area contributed by atoms with Crippen molar-refractivity contribution in [2.45, 2.75) is 32.4 Å². The first-order valence-corrected chi connectivity index (χ1v) is 10.8. The molecule has 1 heterocycles. The predicted octanol–water partition coefficient (Wildman–Crippen LogP) is 5.48. The summed E-state index contributed by atoms with van der Waals surface area (Å²) >= 11 is 0. The Bertz CT molecular complexity index is 1220. The first kappa shape index (κ1) is 21.6. The second kappa shape index (κ2) is 10.1. The van der Waals surface area contributed by atoms with Crippen LogP contribution in [0.2, 0.25) is 0 Å². The largest absolute Gasteiger partial charge is 0.496 e. The Hall–Kier alpha value is -3.60. The van der Waals surface area contributed by atoms with Crippen molar-refractivity contribution < 1.29 is 13.9 Å². The highest BCUT2D eigenvalue weighted by Gasteiger charge is 2.11. The number of carbonyl (C=O) groups excluding carboxylic acids is 1. The molecule has 0 bridgehead atoms. The molecule has 0 saturated carbocycles. The molecular weight excluding hydrogens is 403 g/mol. The number of aryl methyl sites for hydroxylation is 1. The van der Waals surface area contributed by atoms with Crippen molar-refractivity contribution >= 4 is 16.8 Å². The van der Waals surface area contributed by atoms with Gasteiger partial charge in [0.25, 0.3) is 0 Å². The number of hydrogen-bond donors (Lipinski definition) is 1. The van der Waals surface area contributed by atoms with Crippen LogP contribution >= 0.6 is 0 Å². The van der Waals surface area contributed by atoms with Crippen molar-refractivity contribution in [3.8, 4) is 5.75 Å². The van der Waals surface area contributed by atoms with Gasteiger partial charge in [0.15, 0.2) is 0 Å². The molecule has 4 rings (SSSR count). The Morgan fingerprint density at radius 2 is 1.66 bits per heavy atom. The minimum absolute atomic E-state index is 0.0194. The van der Waals surface area contributed by atoms with Gasteiger partial charge in [0, 0.05) is 41.2 Å². The molecule has 0 radical (unpaired) electrons. The van der Waals surface area contributed by atoms with E-state index in [1.807, 2.05) is 48.5 Å². The van der Waals surface area contributed by atoms with Crippen molar-refractivity contribution in [2.24, 2.45) is 0 Å². The fourth-order valence-corrected chi connectivity index (χ4v) is 4.03. The van der Waals surface area contributed by atoms with E-state index in [0.29, 0.717) is 25.1 Å². The molecule has 5 heteroatoms. The number of fused-ring (bicyclic) bond motifs is 1. The average molecular weight is 431 g/mol. The van der Waals surface area contributed by atoms with Crippen molar-refractivity contribution in [1.82, 2.24) is 9.88 Å². The number of ether oxygens (including phenoxy) is 1. The second-order valence-electron chi connectivity index (χ2n) is 7.83. The number of halogens is 1. The van der Waals surface area contributed by atoms with Crippen LogP contribution in [0.1, 0.15) is 29.5 Å². The number of nitrogens with one attached hydrogen (secondary N) is 1. The van der Waals surface area contributed by atoms with Crippen LogP contribution in [0.4, 0.5) is 4.39 Å². The van der Waals surface area contributed by atoms with Gasteiger partial charge in [-0.25, -0.2) is 4.39 Å². The standard InChI is InChI=1S/C27H27FN2O2/c1-32-26-15-7-3-9-20(26)17-29-27(31)16-8-11-21-18-30(25-14-6-4-12-23(21)25)19-22-10-2-5-13-24(22)28/h2-7,9-10,12-15,18H,8,11,16-17,19H2,1H3,(H,29,31). The third kappa shape index (κ3) is 4.99. The summed E-state index contributed by atoms with van der Waals surface area (Å²) < 4.78 is 21.6. The topological polar surface area (TPSA) is 43.3 Å². The molecule has 0 atom stereocenters. The zero-order chi connectivity index (χ0) is 22.3. The van der Waals surface area contributed by atoms with E-state index < -0.39 is 0 Å². The molecule has 1 aromatic heterocycles. The summed E-state index contributed by atoms with van der Waals surface area (Å²) in [4.78, 5) is 12.4. The lowest BCUT2D eigenvalue weighted by Gasteiger charge is -2.09. The highest BCUT2D eigenvalue weighted by atomic mass is 19.1. The van der Waals surface area contributed by atoms with Gasteiger partial charge >= 0.3 is 0 Å². The number of nitrogens with zero attached hydrogens (tertiary/aromatic N) is 1. The van der Waals surface area contributed by atoms with Crippen LogP contribution in [0.5, 0.6) is 5.75 Å². The molecule has 0 spiro atoms. The molecule has 4 nitrogen and oxygen atoms in total. The molecule has 3 aromatic carbocycles. The highest BCUT2D eigenvalue weighted by Crippen LogP contribution is 2.24. The summed E-state index contributed by atoms with van der Waals surface area (Å²) in [5.74, 6) is 0.597. The van der Waals surface area contributed by atoms with Crippen LogP contribution in [0.25, 0.3) is 10.9 Å².